The Morgan fingerprint density at radius 2 is 1.25 bits per heavy atom. The van der Waals surface area contributed by atoms with Crippen LogP contribution in [0.25, 0.3) is 0 Å². The van der Waals surface area contributed by atoms with E-state index in [1.165, 1.54) is 19.3 Å². The predicted octanol–water partition coefficient (Wildman–Crippen LogP) is 3.94. The minimum absolute atomic E-state index is 0.0394. The van der Waals surface area contributed by atoms with Crippen molar-refractivity contribution in [2.75, 3.05) is 0 Å². The molecule has 0 aromatic carbocycles. The standard InChI is InChI=1S/2C8H14O2/c1-6-3-2-4-7(5-6)8(9)10;9-8(10)7-5-3-1-2-4-6-7/h6-7H,2-5H2,1H3,(H,9,10);7H,1-6H2,(H,9,10). The van der Waals surface area contributed by atoms with E-state index in [0.717, 1.165) is 44.9 Å². The lowest BCUT2D eigenvalue weighted by Gasteiger charge is -2.22. The van der Waals surface area contributed by atoms with Gasteiger partial charge in [0.25, 0.3) is 0 Å². The predicted molar refractivity (Wildman–Crippen MR) is 77.6 cm³/mol. The van der Waals surface area contributed by atoms with Gasteiger partial charge in [-0.15, -0.1) is 0 Å². The second kappa shape index (κ2) is 8.98. The monoisotopic (exact) mass is 284 g/mol. The summed E-state index contributed by atoms with van der Waals surface area (Å²) < 4.78 is 0. The van der Waals surface area contributed by atoms with Crippen LogP contribution in [0.2, 0.25) is 0 Å². The van der Waals surface area contributed by atoms with E-state index in [1.54, 1.807) is 0 Å². The van der Waals surface area contributed by atoms with E-state index < -0.39 is 11.9 Å². The molecule has 2 fully saturated rings. The zero-order chi connectivity index (χ0) is 15.0. The number of carboxylic acid groups (broad SMARTS) is 2. The highest BCUT2D eigenvalue weighted by atomic mass is 16.4. The first-order valence-electron chi connectivity index (χ1n) is 7.96. The van der Waals surface area contributed by atoms with Crippen LogP contribution >= 0.6 is 0 Å². The van der Waals surface area contributed by atoms with Gasteiger partial charge in [-0.1, -0.05) is 45.4 Å². The van der Waals surface area contributed by atoms with Gasteiger partial charge >= 0.3 is 11.9 Å². The van der Waals surface area contributed by atoms with Crippen LogP contribution in [-0.4, -0.2) is 22.2 Å². The lowest BCUT2D eigenvalue weighted by molar-refractivity contribution is -0.143. The molecule has 0 heterocycles. The Morgan fingerprint density at radius 3 is 1.65 bits per heavy atom. The van der Waals surface area contributed by atoms with Crippen molar-refractivity contribution in [3.05, 3.63) is 0 Å². The SMILES string of the molecule is CC1CCCC(C(=O)O)C1.O=C(O)C1CCCCCC1. The minimum Gasteiger partial charge on any atom is -0.481 e. The van der Waals surface area contributed by atoms with Gasteiger partial charge in [-0.3, -0.25) is 9.59 Å². The first-order valence-corrected chi connectivity index (χ1v) is 7.96. The highest BCUT2D eigenvalue weighted by Crippen LogP contribution is 2.28. The molecular weight excluding hydrogens is 256 g/mol. The zero-order valence-electron chi connectivity index (χ0n) is 12.5. The van der Waals surface area contributed by atoms with Gasteiger partial charge in [0.2, 0.25) is 0 Å². The van der Waals surface area contributed by atoms with E-state index in [0.29, 0.717) is 5.92 Å². The van der Waals surface area contributed by atoms with Gasteiger partial charge in [0, 0.05) is 0 Å². The summed E-state index contributed by atoms with van der Waals surface area (Å²) in [6.45, 7) is 2.13. The highest BCUT2D eigenvalue weighted by molar-refractivity contribution is 5.70. The molecule has 2 aliphatic carbocycles. The van der Waals surface area contributed by atoms with Crippen molar-refractivity contribution in [3.8, 4) is 0 Å². The molecule has 4 heteroatoms. The van der Waals surface area contributed by atoms with Crippen molar-refractivity contribution in [3.63, 3.8) is 0 Å². The number of aliphatic carboxylic acids is 2. The van der Waals surface area contributed by atoms with E-state index in [4.69, 9.17) is 10.2 Å². The van der Waals surface area contributed by atoms with E-state index in [9.17, 15) is 9.59 Å². The molecule has 2 unspecified atom stereocenters. The third kappa shape index (κ3) is 6.40. The quantitative estimate of drug-likeness (QED) is 0.753. The van der Waals surface area contributed by atoms with Gasteiger partial charge < -0.3 is 10.2 Å². The molecule has 0 aromatic heterocycles. The molecule has 2 saturated carbocycles. The van der Waals surface area contributed by atoms with Crippen molar-refractivity contribution < 1.29 is 19.8 Å². The van der Waals surface area contributed by atoms with Crippen molar-refractivity contribution in [1.29, 1.82) is 0 Å². The smallest absolute Gasteiger partial charge is 0.306 e. The number of hydrogen-bond donors (Lipinski definition) is 2. The maximum atomic E-state index is 10.5. The average molecular weight is 284 g/mol. The van der Waals surface area contributed by atoms with E-state index in [1.807, 2.05) is 0 Å². The Labute approximate surface area is 121 Å². The Hall–Kier alpha value is -1.06. The van der Waals surface area contributed by atoms with E-state index in [-0.39, 0.29) is 11.8 Å². The van der Waals surface area contributed by atoms with Crippen LogP contribution in [0.5, 0.6) is 0 Å². The Balaban J connectivity index is 0.000000200. The summed E-state index contributed by atoms with van der Waals surface area (Å²) in [5.41, 5.74) is 0. The second-order valence-corrected chi connectivity index (χ2v) is 6.33. The van der Waals surface area contributed by atoms with Crippen molar-refractivity contribution in [2.45, 2.75) is 71.1 Å². The summed E-state index contributed by atoms with van der Waals surface area (Å²) in [5.74, 6) is -0.672. The summed E-state index contributed by atoms with van der Waals surface area (Å²) in [6, 6.07) is 0. The molecule has 0 aromatic rings. The third-order valence-corrected chi connectivity index (χ3v) is 4.49. The summed E-state index contributed by atoms with van der Waals surface area (Å²) in [4.78, 5) is 21.0. The highest BCUT2D eigenvalue weighted by Gasteiger charge is 2.23. The molecule has 0 radical (unpaired) electrons. The number of carboxylic acids is 2. The molecule has 2 N–H and O–H groups in total. The first kappa shape index (κ1) is 17.0. The fourth-order valence-electron chi connectivity index (χ4n) is 3.18. The van der Waals surface area contributed by atoms with Gasteiger partial charge in [-0.25, -0.2) is 0 Å². The fourth-order valence-corrected chi connectivity index (χ4v) is 3.18. The molecule has 0 saturated heterocycles. The van der Waals surface area contributed by atoms with Gasteiger partial charge in [-0.2, -0.15) is 0 Å². The molecule has 0 bridgehead atoms. The number of carbonyl (C=O) groups is 2. The third-order valence-electron chi connectivity index (χ3n) is 4.49. The van der Waals surface area contributed by atoms with E-state index in [2.05, 4.69) is 6.92 Å². The largest absolute Gasteiger partial charge is 0.481 e. The number of hydrogen-bond acceptors (Lipinski definition) is 2. The molecule has 2 atom stereocenters. The summed E-state index contributed by atoms with van der Waals surface area (Å²) >= 11 is 0. The van der Waals surface area contributed by atoms with Crippen LogP contribution in [0.4, 0.5) is 0 Å². The number of rotatable bonds is 2. The fraction of sp³-hybridized carbons (Fsp3) is 0.875. The van der Waals surface area contributed by atoms with Crippen molar-refractivity contribution in [2.24, 2.45) is 17.8 Å². The molecular formula is C16H28O4. The van der Waals surface area contributed by atoms with Crippen LogP contribution in [0.15, 0.2) is 0 Å². The van der Waals surface area contributed by atoms with Gasteiger partial charge in [0.15, 0.2) is 0 Å². The van der Waals surface area contributed by atoms with Gasteiger partial charge in [0.05, 0.1) is 11.8 Å². The molecule has 0 amide bonds. The van der Waals surface area contributed by atoms with Crippen LogP contribution in [0, 0.1) is 17.8 Å². The van der Waals surface area contributed by atoms with Crippen LogP contribution in [-0.2, 0) is 9.59 Å². The minimum atomic E-state index is -0.605. The Morgan fingerprint density at radius 1 is 0.750 bits per heavy atom. The summed E-state index contributed by atoms with van der Waals surface area (Å²) in [6.07, 6.45) is 10.5. The van der Waals surface area contributed by atoms with Crippen molar-refractivity contribution in [1.82, 2.24) is 0 Å². The molecule has 116 valence electrons. The second-order valence-electron chi connectivity index (χ2n) is 6.33. The zero-order valence-corrected chi connectivity index (χ0v) is 12.5. The Kier molecular flexibility index (Phi) is 7.63. The maximum absolute atomic E-state index is 10.5. The normalized spacial score (nSPS) is 27.9. The van der Waals surface area contributed by atoms with Crippen molar-refractivity contribution >= 4 is 11.9 Å². The molecule has 2 rings (SSSR count). The molecule has 2 aliphatic rings. The lowest BCUT2D eigenvalue weighted by atomic mass is 9.83. The summed E-state index contributed by atoms with van der Waals surface area (Å²) in [5, 5.41) is 17.3. The van der Waals surface area contributed by atoms with Gasteiger partial charge in [0.1, 0.15) is 0 Å². The van der Waals surface area contributed by atoms with Crippen LogP contribution < -0.4 is 0 Å². The molecule has 4 nitrogen and oxygen atoms in total. The Bertz CT molecular complexity index is 294. The molecule has 0 aliphatic heterocycles. The first-order chi connectivity index (χ1) is 9.50. The topological polar surface area (TPSA) is 74.6 Å². The molecule has 20 heavy (non-hydrogen) atoms. The van der Waals surface area contributed by atoms with Crippen LogP contribution in [0.3, 0.4) is 0 Å². The lowest BCUT2D eigenvalue weighted by Crippen LogP contribution is -2.20. The summed E-state index contributed by atoms with van der Waals surface area (Å²) in [7, 11) is 0. The maximum Gasteiger partial charge on any atom is 0.306 e. The van der Waals surface area contributed by atoms with Crippen LogP contribution in [0.1, 0.15) is 71.1 Å². The van der Waals surface area contributed by atoms with Gasteiger partial charge in [-0.05, 0) is 31.6 Å². The molecule has 0 spiro atoms. The van der Waals surface area contributed by atoms with E-state index >= 15 is 0 Å². The average Bonchev–Trinajstić information content (AvgIpc) is 2.68.